The molecule has 0 amide bonds. The average molecular weight is 223 g/mol. The molecular weight excluding hydrogens is 209 g/mol. The zero-order valence-electron chi connectivity index (χ0n) is 8.52. The van der Waals surface area contributed by atoms with Crippen LogP contribution in [0.25, 0.3) is 0 Å². The van der Waals surface area contributed by atoms with E-state index in [1.807, 2.05) is 0 Å². The second-order valence-electron chi connectivity index (χ2n) is 3.72. The van der Waals surface area contributed by atoms with Crippen molar-refractivity contribution in [1.29, 1.82) is 0 Å². The van der Waals surface area contributed by atoms with Gasteiger partial charge in [-0.3, -0.25) is 0 Å². The second kappa shape index (κ2) is 6.09. The van der Waals surface area contributed by atoms with Gasteiger partial charge in [0.15, 0.2) is 0 Å². The summed E-state index contributed by atoms with van der Waals surface area (Å²) in [4.78, 5) is 1.07. The van der Waals surface area contributed by atoms with Gasteiger partial charge in [0, 0.05) is 6.54 Å². The second-order valence-corrected chi connectivity index (χ2v) is 3.72. The van der Waals surface area contributed by atoms with E-state index in [1.165, 1.54) is 20.9 Å². The number of hydrogen-bond donors (Lipinski definition) is 1. The molecule has 2 nitrogen and oxygen atoms in total. The summed E-state index contributed by atoms with van der Waals surface area (Å²) in [6, 6.07) is 0. The smallest absolute Gasteiger partial charge is 0.448 e. The van der Waals surface area contributed by atoms with E-state index in [0.29, 0.717) is 0 Å². The molecule has 13 heavy (non-hydrogen) atoms. The van der Waals surface area contributed by atoms with Crippen LogP contribution in [-0.2, 0) is 0 Å². The third-order valence-corrected chi connectivity index (χ3v) is 1.18. The predicted octanol–water partition coefficient (Wildman–Crippen LogP) is -1.92. The van der Waals surface area contributed by atoms with Crippen LogP contribution < -0.4 is 51.4 Å². The number of rotatable bonds is 4. The molecule has 1 N–H and O–H groups in total. The molecule has 0 unspecified atom stereocenters. The first-order valence-electron chi connectivity index (χ1n) is 3.72. The fraction of sp³-hybridized carbons (Fsp3) is 1.00. The third kappa shape index (κ3) is 13.4. The Morgan fingerprint density at radius 3 is 1.92 bits per heavy atom. The van der Waals surface area contributed by atoms with Gasteiger partial charge in [-0.15, -0.1) is 0 Å². The molecule has 0 saturated heterocycles. The molecule has 0 aromatic heterocycles. The molecule has 74 valence electrons. The van der Waals surface area contributed by atoms with E-state index >= 15 is 0 Å². The number of hydrogen-bond acceptors (Lipinski definition) is 2. The summed E-state index contributed by atoms with van der Waals surface area (Å²) >= 11 is 0. The zero-order valence-corrected chi connectivity index (χ0v) is 11.6. The third-order valence-electron chi connectivity index (χ3n) is 1.18. The van der Waals surface area contributed by atoms with Crippen molar-refractivity contribution in [3.8, 4) is 0 Å². The SMILES string of the molecule is CN(C[B-](F)(F)F)CC(C)(C)O.[K+]. The van der Waals surface area contributed by atoms with Crippen LogP contribution in [0.3, 0.4) is 0 Å². The Morgan fingerprint density at radius 2 is 1.69 bits per heavy atom. The maximum absolute atomic E-state index is 11.8. The topological polar surface area (TPSA) is 23.5 Å². The standard InChI is InChI=1S/C6H14BF3NO.K/c1-6(2,12)4-11(3)5-7(8,9)10;/h12H,4-5H2,1-3H3;/q-1;+1. The predicted molar refractivity (Wildman–Crippen MR) is 42.9 cm³/mol. The van der Waals surface area contributed by atoms with Crippen molar-refractivity contribution in [2.75, 3.05) is 20.0 Å². The summed E-state index contributed by atoms with van der Waals surface area (Å²) < 4.78 is 35.5. The summed E-state index contributed by atoms with van der Waals surface area (Å²) in [6.45, 7) is -1.80. The van der Waals surface area contributed by atoms with Gasteiger partial charge in [-0.1, -0.05) is 0 Å². The number of halogens is 3. The van der Waals surface area contributed by atoms with E-state index in [9.17, 15) is 18.1 Å². The Labute approximate surface area is 119 Å². The van der Waals surface area contributed by atoms with Crippen LogP contribution in [0.1, 0.15) is 13.8 Å². The molecule has 0 aromatic rings. The molecule has 0 saturated carbocycles. The normalized spacial score (nSPS) is 12.9. The van der Waals surface area contributed by atoms with Crippen molar-refractivity contribution in [2.24, 2.45) is 0 Å². The Hall–Kier alpha value is 1.41. The van der Waals surface area contributed by atoms with Gasteiger partial charge in [0.25, 0.3) is 0 Å². The molecule has 0 aliphatic carbocycles. The molecule has 0 radical (unpaired) electrons. The molecule has 0 aliphatic heterocycles. The van der Waals surface area contributed by atoms with Crippen molar-refractivity contribution < 1.29 is 69.4 Å². The molecule has 0 fully saturated rings. The molecule has 0 atom stereocenters. The van der Waals surface area contributed by atoms with Crippen molar-refractivity contribution in [3.05, 3.63) is 0 Å². The maximum atomic E-state index is 11.8. The van der Waals surface area contributed by atoms with Crippen molar-refractivity contribution >= 4 is 6.98 Å². The first kappa shape index (κ1) is 16.8. The van der Waals surface area contributed by atoms with Crippen LogP contribution in [0.4, 0.5) is 12.9 Å². The van der Waals surface area contributed by atoms with Gasteiger partial charge < -0.3 is 23.0 Å². The fourth-order valence-electron chi connectivity index (χ4n) is 1.08. The summed E-state index contributed by atoms with van der Waals surface area (Å²) in [5, 5.41) is 9.18. The molecule has 0 spiro atoms. The summed E-state index contributed by atoms with van der Waals surface area (Å²) in [6.07, 6.45) is -0.927. The van der Waals surface area contributed by atoms with Gasteiger partial charge in [0.2, 0.25) is 0 Å². The van der Waals surface area contributed by atoms with E-state index in [4.69, 9.17) is 0 Å². The van der Waals surface area contributed by atoms with Crippen LogP contribution in [0.15, 0.2) is 0 Å². The van der Waals surface area contributed by atoms with Gasteiger partial charge in [-0.25, -0.2) is 0 Å². The summed E-state index contributed by atoms with van der Waals surface area (Å²) in [5.74, 6) is 0. The maximum Gasteiger partial charge on any atom is 1.00 e. The Morgan fingerprint density at radius 1 is 1.31 bits per heavy atom. The minimum Gasteiger partial charge on any atom is -0.448 e. The van der Waals surface area contributed by atoms with E-state index in [1.54, 1.807) is 0 Å². The number of aliphatic hydroxyl groups is 1. The first-order valence-corrected chi connectivity index (χ1v) is 3.72. The number of nitrogens with zero attached hydrogens (tertiary/aromatic N) is 1. The largest absolute Gasteiger partial charge is 1.00 e. The van der Waals surface area contributed by atoms with Crippen molar-refractivity contribution in [3.63, 3.8) is 0 Å². The van der Waals surface area contributed by atoms with Crippen LogP contribution in [0.5, 0.6) is 0 Å². The molecule has 0 rings (SSSR count). The van der Waals surface area contributed by atoms with Crippen LogP contribution in [-0.4, -0.2) is 42.6 Å². The molecular formula is C6H14BF3KNO. The van der Waals surface area contributed by atoms with Crippen LogP contribution in [0.2, 0.25) is 0 Å². The monoisotopic (exact) mass is 223 g/mol. The zero-order chi connectivity index (χ0) is 9.99. The number of likely N-dealkylation sites (N-methyl/N-ethyl adjacent to an activating group) is 1. The van der Waals surface area contributed by atoms with Gasteiger partial charge >= 0.3 is 58.4 Å². The van der Waals surface area contributed by atoms with E-state index in [2.05, 4.69) is 0 Å². The average Bonchev–Trinajstić information content (AvgIpc) is 1.49. The van der Waals surface area contributed by atoms with Gasteiger partial charge in [-0.05, 0) is 27.3 Å². The minimum absolute atomic E-state index is 0. The Balaban J connectivity index is 0. The van der Waals surface area contributed by atoms with E-state index < -0.39 is 19.0 Å². The molecule has 0 aromatic carbocycles. The molecule has 7 heteroatoms. The Bertz CT molecular complexity index is 132. The Kier molecular flexibility index (Phi) is 7.89. The van der Waals surface area contributed by atoms with Crippen LogP contribution in [0, 0.1) is 0 Å². The first-order chi connectivity index (χ1) is 5.10. The van der Waals surface area contributed by atoms with Crippen LogP contribution >= 0.6 is 0 Å². The minimum atomic E-state index is -4.78. The molecule has 0 bridgehead atoms. The van der Waals surface area contributed by atoms with Crippen molar-refractivity contribution in [1.82, 2.24) is 4.90 Å². The van der Waals surface area contributed by atoms with Gasteiger partial charge in [0.05, 0.1) is 5.60 Å². The van der Waals surface area contributed by atoms with Gasteiger partial charge in [-0.2, -0.15) is 0 Å². The van der Waals surface area contributed by atoms with E-state index in [-0.39, 0.29) is 57.9 Å². The van der Waals surface area contributed by atoms with Gasteiger partial charge in [0.1, 0.15) is 0 Å². The molecule has 0 heterocycles. The fourth-order valence-corrected chi connectivity index (χ4v) is 1.08. The molecule has 0 aliphatic rings. The summed E-state index contributed by atoms with van der Waals surface area (Å²) in [5.41, 5.74) is -1.07. The quantitative estimate of drug-likeness (QED) is 0.562. The van der Waals surface area contributed by atoms with E-state index in [0.717, 1.165) is 4.90 Å². The van der Waals surface area contributed by atoms with Crippen molar-refractivity contribution in [2.45, 2.75) is 19.4 Å². The summed E-state index contributed by atoms with van der Waals surface area (Å²) in [7, 11) is 1.34.